The highest BCUT2D eigenvalue weighted by atomic mass is 28.2. The van der Waals surface area contributed by atoms with Crippen LogP contribution in [0.1, 0.15) is 30.9 Å². The van der Waals surface area contributed by atoms with Crippen LogP contribution in [0.2, 0.25) is 0 Å². The van der Waals surface area contributed by atoms with Gasteiger partial charge >= 0.3 is 0 Å². The van der Waals surface area contributed by atoms with Crippen LogP contribution in [0.15, 0.2) is 177 Å². The lowest BCUT2D eigenvalue weighted by molar-refractivity contribution is 0.309. The third kappa shape index (κ3) is 8.00. The third-order valence-corrected chi connectivity index (χ3v) is 9.55. The quantitative estimate of drug-likeness (QED) is 0.113. The predicted octanol–water partition coefficient (Wildman–Crippen LogP) is 6.86. The zero-order chi connectivity index (χ0) is 31.2. The third-order valence-electron chi connectivity index (χ3n) is 7.75. The highest BCUT2D eigenvalue weighted by Gasteiger charge is 2.37. The first-order valence-electron chi connectivity index (χ1n) is 15.6. The molecule has 0 saturated heterocycles. The van der Waals surface area contributed by atoms with Crippen LogP contribution in [-0.4, -0.2) is 32.4 Å². The molecule has 0 spiro atoms. The number of ether oxygens (including phenoxy) is 1. The molecule has 0 fully saturated rings. The molecule has 1 aromatic heterocycles. The Morgan fingerprint density at radius 2 is 1.31 bits per heavy atom. The molecule has 3 nitrogen and oxygen atoms in total. The van der Waals surface area contributed by atoms with E-state index in [2.05, 4.69) is 157 Å². The molecule has 0 aliphatic carbocycles. The molecule has 6 aromatic rings. The number of rotatable bonds is 12. The van der Waals surface area contributed by atoms with E-state index in [0.29, 0.717) is 16.2 Å². The Morgan fingerprint density at radius 3 is 1.80 bits per heavy atom. The number of benzene rings is 5. The van der Waals surface area contributed by atoms with Crippen molar-refractivity contribution in [3.63, 3.8) is 0 Å². The minimum atomic E-state index is -0.374. The highest BCUT2D eigenvalue weighted by molar-refractivity contribution is 6.89. The van der Waals surface area contributed by atoms with Crippen LogP contribution in [0.3, 0.4) is 0 Å². The highest BCUT2D eigenvalue weighted by Crippen LogP contribution is 2.33. The van der Waals surface area contributed by atoms with Crippen LogP contribution in [0.25, 0.3) is 0 Å². The summed E-state index contributed by atoms with van der Waals surface area (Å²) >= 11 is 0. The standard InChI is InChI=1S/C26H26N2OSi.C14H13B/c1-2-3-19-29-24-15-10-16-25(20-24)30-26(28-18-17-27-21-28,22-11-6-4-7-12-22)23-13-8-5-9-14-23;1-2-15(13-9-5-3-6-10-13)14-11-7-4-8-12-14/h4-18,20-21H,2-3,19H2,1H3;2-12H,1H2. The fourth-order valence-corrected chi connectivity index (χ4v) is 7.18. The second-order valence-corrected chi connectivity index (χ2v) is 12.4. The van der Waals surface area contributed by atoms with Crippen LogP contribution in [0.4, 0.5) is 0 Å². The number of hydrogen-bond acceptors (Lipinski definition) is 2. The molecular formula is C40H39BN2OSi. The first kappa shape index (κ1) is 31.6. The Morgan fingerprint density at radius 1 is 0.756 bits per heavy atom. The second-order valence-electron chi connectivity index (χ2n) is 10.8. The van der Waals surface area contributed by atoms with Gasteiger partial charge in [0, 0.05) is 12.4 Å². The summed E-state index contributed by atoms with van der Waals surface area (Å²) in [4.78, 5) is 4.39. The summed E-state index contributed by atoms with van der Waals surface area (Å²) in [6, 6.07) is 50.8. The lowest BCUT2D eigenvalue weighted by Gasteiger charge is -2.36. The molecule has 1 heterocycles. The molecule has 0 atom stereocenters. The van der Waals surface area contributed by atoms with Gasteiger partial charge in [-0.25, -0.2) is 4.98 Å². The summed E-state index contributed by atoms with van der Waals surface area (Å²) in [6.45, 7) is 7.15. The largest absolute Gasteiger partial charge is 0.494 e. The maximum atomic E-state index is 5.99. The van der Waals surface area contributed by atoms with E-state index in [0.717, 1.165) is 25.2 Å². The van der Waals surface area contributed by atoms with E-state index in [1.807, 2.05) is 36.7 Å². The Labute approximate surface area is 271 Å². The van der Waals surface area contributed by atoms with Crippen molar-refractivity contribution in [2.45, 2.75) is 24.9 Å². The molecule has 5 aromatic carbocycles. The molecule has 6 rings (SSSR count). The van der Waals surface area contributed by atoms with E-state index in [4.69, 9.17) is 4.74 Å². The van der Waals surface area contributed by atoms with Gasteiger partial charge in [-0.1, -0.05) is 163 Å². The smallest absolute Gasteiger partial charge is 0.233 e. The summed E-state index contributed by atoms with van der Waals surface area (Å²) in [6.07, 6.45) is 8.05. The van der Waals surface area contributed by atoms with Gasteiger partial charge in [0.1, 0.15) is 15.3 Å². The first-order valence-corrected chi connectivity index (χ1v) is 16.6. The summed E-state index contributed by atoms with van der Waals surface area (Å²) in [5, 5.41) is 0.881. The van der Waals surface area contributed by atoms with Crippen LogP contribution >= 0.6 is 0 Å². The average Bonchev–Trinajstić information content (AvgIpc) is 3.66. The monoisotopic (exact) mass is 602 g/mol. The van der Waals surface area contributed by atoms with E-state index in [1.54, 1.807) is 0 Å². The van der Waals surface area contributed by atoms with Crippen molar-refractivity contribution in [1.82, 2.24) is 9.55 Å². The molecule has 0 aliphatic heterocycles. The molecule has 0 unspecified atom stereocenters. The molecule has 0 bridgehead atoms. The maximum Gasteiger partial charge on any atom is 0.233 e. The van der Waals surface area contributed by atoms with Crippen molar-refractivity contribution in [3.8, 4) is 5.75 Å². The molecular weight excluding hydrogens is 563 g/mol. The van der Waals surface area contributed by atoms with Gasteiger partial charge in [-0.3, -0.25) is 0 Å². The average molecular weight is 603 g/mol. The van der Waals surface area contributed by atoms with Crippen molar-refractivity contribution in [2.75, 3.05) is 6.61 Å². The van der Waals surface area contributed by atoms with Gasteiger partial charge in [0.2, 0.25) is 6.71 Å². The summed E-state index contributed by atoms with van der Waals surface area (Å²) < 4.78 is 8.23. The zero-order valence-corrected chi connectivity index (χ0v) is 26.9. The number of nitrogens with zero attached hydrogens (tertiary/aromatic N) is 2. The summed E-state index contributed by atoms with van der Waals surface area (Å²) in [5.74, 6) is 2.93. The van der Waals surface area contributed by atoms with Crippen LogP contribution < -0.4 is 20.8 Å². The Hall–Kier alpha value is -4.87. The normalized spacial score (nSPS) is 10.8. The van der Waals surface area contributed by atoms with E-state index in [1.165, 1.54) is 27.2 Å². The van der Waals surface area contributed by atoms with Gasteiger partial charge in [0.25, 0.3) is 0 Å². The van der Waals surface area contributed by atoms with E-state index < -0.39 is 0 Å². The summed E-state index contributed by atoms with van der Waals surface area (Å²) in [7, 11) is 0.460. The molecule has 0 amide bonds. The SMILES string of the molecule is C=CB(c1ccccc1)c1ccccc1.CCCCOc1cccc([Si]C(c2ccccc2)(c2ccccc2)n2ccnc2)c1. The topological polar surface area (TPSA) is 27.1 Å². The van der Waals surface area contributed by atoms with Crippen LogP contribution in [-0.2, 0) is 5.16 Å². The van der Waals surface area contributed by atoms with Crippen molar-refractivity contribution in [3.05, 3.63) is 188 Å². The van der Waals surface area contributed by atoms with Crippen molar-refractivity contribution in [2.24, 2.45) is 0 Å². The molecule has 45 heavy (non-hydrogen) atoms. The van der Waals surface area contributed by atoms with Gasteiger partial charge in [0.05, 0.1) is 18.1 Å². The second kappa shape index (κ2) is 16.3. The lowest BCUT2D eigenvalue weighted by atomic mass is 9.41. The number of imidazole rings is 1. The van der Waals surface area contributed by atoms with E-state index in [9.17, 15) is 0 Å². The fourth-order valence-electron chi connectivity index (χ4n) is 5.48. The van der Waals surface area contributed by atoms with Gasteiger partial charge in [-0.05, 0) is 29.7 Å². The minimum Gasteiger partial charge on any atom is -0.494 e. The minimum absolute atomic E-state index is 0.299. The zero-order valence-electron chi connectivity index (χ0n) is 25.9. The van der Waals surface area contributed by atoms with E-state index in [-0.39, 0.29) is 5.16 Å². The van der Waals surface area contributed by atoms with Crippen LogP contribution in [0.5, 0.6) is 5.75 Å². The molecule has 0 saturated carbocycles. The fraction of sp³-hybridized carbons (Fsp3) is 0.125. The van der Waals surface area contributed by atoms with Gasteiger partial charge < -0.3 is 9.30 Å². The molecule has 222 valence electrons. The molecule has 0 N–H and O–H groups in total. The Kier molecular flexibility index (Phi) is 11.4. The number of hydrogen-bond donors (Lipinski definition) is 0. The molecule has 0 aliphatic rings. The van der Waals surface area contributed by atoms with Crippen molar-refractivity contribution >= 4 is 32.3 Å². The van der Waals surface area contributed by atoms with Crippen LogP contribution in [0, 0.1) is 0 Å². The van der Waals surface area contributed by atoms with Crippen molar-refractivity contribution < 1.29 is 4.74 Å². The molecule has 5 heteroatoms. The number of aromatic nitrogens is 2. The number of unbranched alkanes of at least 4 members (excludes halogenated alkanes) is 1. The lowest BCUT2D eigenvalue weighted by Crippen LogP contribution is -2.46. The molecule has 2 radical (unpaired) electrons. The Bertz CT molecular complexity index is 1620. The van der Waals surface area contributed by atoms with Crippen molar-refractivity contribution in [1.29, 1.82) is 0 Å². The maximum absolute atomic E-state index is 5.99. The summed E-state index contributed by atoms with van der Waals surface area (Å²) in [5.41, 5.74) is 5.06. The van der Waals surface area contributed by atoms with E-state index >= 15 is 0 Å². The van der Waals surface area contributed by atoms with Gasteiger partial charge in [-0.15, -0.1) is 12.6 Å². The Balaban J connectivity index is 0.000000223. The van der Waals surface area contributed by atoms with Gasteiger partial charge in [-0.2, -0.15) is 0 Å². The first-order chi connectivity index (χ1) is 22.2. The van der Waals surface area contributed by atoms with Gasteiger partial charge in [0.15, 0.2) is 0 Å². The predicted molar refractivity (Wildman–Crippen MR) is 192 cm³/mol.